The number of hydrogen-bond acceptors (Lipinski definition) is 5. The topological polar surface area (TPSA) is 50.3 Å². The van der Waals surface area contributed by atoms with Crippen LogP contribution in [0.4, 0.5) is 11.6 Å². The van der Waals surface area contributed by atoms with Gasteiger partial charge in [0.1, 0.15) is 17.5 Å². The molecule has 5 nitrogen and oxygen atoms in total. The van der Waals surface area contributed by atoms with Gasteiger partial charge in [-0.2, -0.15) is 0 Å². The van der Waals surface area contributed by atoms with Crippen molar-refractivity contribution >= 4 is 11.6 Å². The Bertz CT molecular complexity index is 391. The van der Waals surface area contributed by atoms with Gasteiger partial charge in [-0.3, -0.25) is 0 Å². The number of nitrogens with one attached hydrogen (secondary N) is 1. The van der Waals surface area contributed by atoms with Gasteiger partial charge in [-0.25, -0.2) is 9.97 Å². The molecule has 2 rings (SSSR count). The fourth-order valence-electron chi connectivity index (χ4n) is 1.93. The van der Waals surface area contributed by atoms with Gasteiger partial charge in [0.2, 0.25) is 0 Å². The van der Waals surface area contributed by atoms with Crippen LogP contribution in [0.15, 0.2) is 6.07 Å². The molecule has 1 N–H and O–H groups in total. The highest BCUT2D eigenvalue weighted by Crippen LogP contribution is 2.17. The molecule has 0 amide bonds. The summed E-state index contributed by atoms with van der Waals surface area (Å²) >= 11 is 0. The van der Waals surface area contributed by atoms with E-state index in [0.717, 1.165) is 50.2 Å². The highest BCUT2D eigenvalue weighted by Gasteiger charge is 2.14. The molecule has 100 valence electrons. The predicted molar refractivity (Wildman–Crippen MR) is 73.2 cm³/mol. The minimum absolute atomic E-state index is 0.428. The van der Waals surface area contributed by atoms with Crippen molar-refractivity contribution in [2.75, 3.05) is 36.5 Å². The Morgan fingerprint density at radius 1 is 1.39 bits per heavy atom. The van der Waals surface area contributed by atoms with Crippen molar-refractivity contribution in [1.82, 2.24) is 9.97 Å². The van der Waals surface area contributed by atoms with Gasteiger partial charge in [0.05, 0.1) is 13.2 Å². The number of rotatable bonds is 4. The van der Waals surface area contributed by atoms with Gasteiger partial charge in [0.15, 0.2) is 0 Å². The molecule has 18 heavy (non-hydrogen) atoms. The third kappa shape index (κ3) is 3.32. The van der Waals surface area contributed by atoms with Crippen molar-refractivity contribution < 1.29 is 4.74 Å². The normalized spacial score (nSPS) is 17.6. The van der Waals surface area contributed by atoms with Crippen molar-refractivity contribution in [1.29, 1.82) is 0 Å². The quantitative estimate of drug-likeness (QED) is 0.883. The number of ether oxygens (including phenoxy) is 1. The number of aryl methyl sites for hydroxylation is 1. The predicted octanol–water partition coefficient (Wildman–Crippen LogP) is 1.83. The molecule has 0 aliphatic carbocycles. The largest absolute Gasteiger partial charge is 0.378 e. The van der Waals surface area contributed by atoms with Crippen LogP contribution in [0, 0.1) is 6.92 Å². The first-order valence-electron chi connectivity index (χ1n) is 6.64. The minimum atomic E-state index is 0.428. The molecule has 1 saturated heterocycles. The van der Waals surface area contributed by atoms with E-state index >= 15 is 0 Å². The average molecular weight is 250 g/mol. The first-order valence-corrected chi connectivity index (χ1v) is 6.64. The molecule has 1 unspecified atom stereocenters. The van der Waals surface area contributed by atoms with Crippen LogP contribution in [0.3, 0.4) is 0 Å². The molecule has 1 aromatic rings. The molecule has 1 aliphatic rings. The van der Waals surface area contributed by atoms with Gasteiger partial charge in [0.25, 0.3) is 0 Å². The number of aromatic nitrogens is 2. The summed E-state index contributed by atoms with van der Waals surface area (Å²) in [6, 6.07) is 2.46. The zero-order chi connectivity index (χ0) is 13.0. The van der Waals surface area contributed by atoms with Crippen LogP contribution in [-0.4, -0.2) is 42.3 Å². The summed E-state index contributed by atoms with van der Waals surface area (Å²) in [7, 11) is 0. The zero-order valence-corrected chi connectivity index (χ0v) is 11.4. The summed E-state index contributed by atoms with van der Waals surface area (Å²) in [6.07, 6.45) is 1.08. The summed E-state index contributed by atoms with van der Waals surface area (Å²) in [5.74, 6) is 2.72. The third-order valence-corrected chi connectivity index (χ3v) is 3.17. The van der Waals surface area contributed by atoms with E-state index in [0.29, 0.717) is 6.04 Å². The van der Waals surface area contributed by atoms with E-state index in [-0.39, 0.29) is 0 Å². The molecule has 0 spiro atoms. The van der Waals surface area contributed by atoms with Gasteiger partial charge in [-0.15, -0.1) is 0 Å². The number of anilines is 2. The summed E-state index contributed by atoms with van der Waals surface area (Å²) < 4.78 is 5.36. The van der Waals surface area contributed by atoms with Crippen LogP contribution in [0.2, 0.25) is 0 Å². The molecular formula is C13H22N4O. The van der Waals surface area contributed by atoms with E-state index in [1.165, 1.54) is 0 Å². The number of morpholine rings is 1. The van der Waals surface area contributed by atoms with Gasteiger partial charge < -0.3 is 15.0 Å². The van der Waals surface area contributed by atoms with Crippen LogP contribution in [0.5, 0.6) is 0 Å². The van der Waals surface area contributed by atoms with Gasteiger partial charge in [0, 0.05) is 25.2 Å². The average Bonchev–Trinajstić information content (AvgIpc) is 2.39. The summed E-state index contributed by atoms with van der Waals surface area (Å²) in [5.41, 5.74) is 0. The van der Waals surface area contributed by atoms with Crippen molar-refractivity contribution in [2.24, 2.45) is 0 Å². The van der Waals surface area contributed by atoms with E-state index in [2.05, 4.69) is 34.0 Å². The Hall–Kier alpha value is -1.36. The van der Waals surface area contributed by atoms with Gasteiger partial charge in [-0.1, -0.05) is 6.92 Å². The van der Waals surface area contributed by atoms with Crippen LogP contribution in [0.1, 0.15) is 26.1 Å². The molecule has 1 fully saturated rings. The lowest BCUT2D eigenvalue weighted by Crippen LogP contribution is -2.37. The van der Waals surface area contributed by atoms with E-state index in [4.69, 9.17) is 4.74 Å². The summed E-state index contributed by atoms with van der Waals surface area (Å²) in [6.45, 7) is 9.61. The maximum atomic E-state index is 5.36. The summed E-state index contributed by atoms with van der Waals surface area (Å²) in [5, 5.41) is 3.40. The zero-order valence-electron chi connectivity index (χ0n) is 11.4. The fraction of sp³-hybridized carbons (Fsp3) is 0.692. The molecule has 0 aromatic carbocycles. The van der Waals surface area contributed by atoms with Crippen molar-refractivity contribution in [3.8, 4) is 0 Å². The van der Waals surface area contributed by atoms with Crippen molar-refractivity contribution in [2.45, 2.75) is 33.2 Å². The van der Waals surface area contributed by atoms with Gasteiger partial charge in [-0.05, 0) is 20.3 Å². The standard InChI is InChI=1S/C13H22N4O/c1-4-10(2)14-12-9-13(16-11(3)15-12)17-5-7-18-8-6-17/h9-10H,4-8H2,1-3H3,(H,14,15,16). The van der Waals surface area contributed by atoms with Gasteiger partial charge >= 0.3 is 0 Å². The molecule has 0 bridgehead atoms. The van der Waals surface area contributed by atoms with E-state index in [1.807, 2.05) is 13.0 Å². The Labute approximate surface area is 109 Å². The van der Waals surface area contributed by atoms with Crippen LogP contribution in [-0.2, 0) is 4.74 Å². The lowest BCUT2D eigenvalue weighted by Gasteiger charge is -2.28. The number of nitrogens with zero attached hydrogens (tertiary/aromatic N) is 3. The second-order valence-corrected chi connectivity index (χ2v) is 4.71. The molecule has 0 saturated carbocycles. The Morgan fingerprint density at radius 2 is 2.11 bits per heavy atom. The molecular weight excluding hydrogens is 228 g/mol. The van der Waals surface area contributed by atoms with E-state index in [1.54, 1.807) is 0 Å². The molecule has 1 aliphatic heterocycles. The Kier molecular flexibility index (Phi) is 4.36. The first kappa shape index (κ1) is 13.1. The smallest absolute Gasteiger partial charge is 0.134 e. The maximum absolute atomic E-state index is 5.36. The Balaban J connectivity index is 2.14. The molecule has 2 heterocycles. The second-order valence-electron chi connectivity index (χ2n) is 4.71. The van der Waals surface area contributed by atoms with Crippen LogP contribution < -0.4 is 10.2 Å². The van der Waals surface area contributed by atoms with E-state index in [9.17, 15) is 0 Å². The third-order valence-electron chi connectivity index (χ3n) is 3.17. The second kappa shape index (κ2) is 6.00. The molecule has 0 radical (unpaired) electrons. The molecule has 5 heteroatoms. The molecule has 1 aromatic heterocycles. The van der Waals surface area contributed by atoms with E-state index < -0.39 is 0 Å². The van der Waals surface area contributed by atoms with Crippen molar-refractivity contribution in [3.63, 3.8) is 0 Å². The monoisotopic (exact) mass is 250 g/mol. The van der Waals surface area contributed by atoms with Crippen LogP contribution >= 0.6 is 0 Å². The van der Waals surface area contributed by atoms with Crippen molar-refractivity contribution in [3.05, 3.63) is 11.9 Å². The summed E-state index contributed by atoms with van der Waals surface area (Å²) in [4.78, 5) is 11.2. The number of hydrogen-bond donors (Lipinski definition) is 1. The lowest BCUT2D eigenvalue weighted by atomic mass is 10.2. The highest BCUT2D eigenvalue weighted by molar-refractivity contribution is 5.50. The Morgan fingerprint density at radius 3 is 2.78 bits per heavy atom. The minimum Gasteiger partial charge on any atom is -0.378 e. The first-order chi connectivity index (χ1) is 8.69. The molecule has 1 atom stereocenters. The highest BCUT2D eigenvalue weighted by atomic mass is 16.5. The lowest BCUT2D eigenvalue weighted by molar-refractivity contribution is 0.122. The SMILES string of the molecule is CCC(C)Nc1cc(N2CCOCC2)nc(C)n1. The van der Waals surface area contributed by atoms with Crippen LogP contribution in [0.25, 0.3) is 0 Å². The maximum Gasteiger partial charge on any atom is 0.134 e. The fourth-order valence-corrected chi connectivity index (χ4v) is 1.93.